The first-order valence-corrected chi connectivity index (χ1v) is 7.14. The molecule has 0 saturated carbocycles. The summed E-state index contributed by atoms with van der Waals surface area (Å²) in [5, 5.41) is 8.88. The molecule has 0 bridgehead atoms. The number of carboxylic acids is 1. The van der Waals surface area contributed by atoms with Crippen molar-refractivity contribution in [2.24, 2.45) is 0 Å². The number of hydrogen-bond donors (Lipinski definition) is 1. The number of hydrogen-bond acceptors (Lipinski definition) is 4. The minimum Gasteiger partial charge on any atom is -0.478 e. The van der Waals surface area contributed by atoms with E-state index in [1.54, 1.807) is 0 Å². The highest BCUT2D eigenvalue weighted by Crippen LogP contribution is 2.23. The van der Waals surface area contributed by atoms with Crippen molar-refractivity contribution in [1.29, 1.82) is 0 Å². The topological polar surface area (TPSA) is 83.9 Å². The highest BCUT2D eigenvalue weighted by molar-refractivity contribution is 7.89. The lowest BCUT2D eigenvalue weighted by Crippen LogP contribution is -2.31. The molecule has 1 aromatic rings. The molecule has 8 heteroatoms. The number of nitrogens with zero attached hydrogens (tertiary/aromatic N) is 1. The lowest BCUT2D eigenvalue weighted by molar-refractivity contribution is 0.0696. The Balaban J connectivity index is 3.34. The van der Waals surface area contributed by atoms with Crippen LogP contribution in [0.25, 0.3) is 0 Å². The number of aromatic carboxylic acids is 1. The van der Waals surface area contributed by atoms with Gasteiger partial charge in [0.15, 0.2) is 0 Å². The fourth-order valence-electron chi connectivity index (χ4n) is 1.55. The molecule has 0 aliphatic heterocycles. The summed E-state index contributed by atoms with van der Waals surface area (Å²) in [6.45, 7) is 1.55. The summed E-state index contributed by atoms with van der Waals surface area (Å²) in [5.74, 6) is -2.26. The van der Waals surface area contributed by atoms with Gasteiger partial charge in [0.2, 0.25) is 10.0 Å². The van der Waals surface area contributed by atoms with Crippen molar-refractivity contribution in [1.82, 2.24) is 4.31 Å². The molecule has 0 fully saturated rings. The fourth-order valence-corrected chi connectivity index (χ4v) is 2.96. The van der Waals surface area contributed by atoms with Gasteiger partial charge in [0.05, 0.1) is 17.1 Å². The van der Waals surface area contributed by atoms with Crippen LogP contribution in [0, 0.1) is 12.7 Å². The zero-order valence-electron chi connectivity index (χ0n) is 11.4. The number of carbonyl (C=O) groups is 1. The SMILES string of the molecule is COCCN(C)S(=O)(=O)c1cc(C(=O)O)cc(F)c1C. The second-order valence-corrected chi connectivity index (χ2v) is 6.22. The molecule has 0 unspecified atom stereocenters. The van der Waals surface area contributed by atoms with Crippen LogP contribution < -0.4 is 0 Å². The lowest BCUT2D eigenvalue weighted by Gasteiger charge is -2.18. The number of likely N-dealkylation sites (N-methyl/N-ethyl adjacent to an activating group) is 1. The van der Waals surface area contributed by atoms with Crippen molar-refractivity contribution in [3.63, 3.8) is 0 Å². The molecule has 112 valence electrons. The fraction of sp³-hybridized carbons (Fsp3) is 0.417. The van der Waals surface area contributed by atoms with Gasteiger partial charge in [-0.25, -0.2) is 17.6 Å². The number of benzene rings is 1. The molecule has 0 spiro atoms. The summed E-state index contributed by atoms with van der Waals surface area (Å²) >= 11 is 0. The second-order valence-electron chi connectivity index (χ2n) is 4.21. The van der Waals surface area contributed by atoms with Gasteiger partial charge >= 0.3 is 5.97 Å². The van der Waals surface area contributed by atoms with Crippen LogP contribution in [-0.2, 0) is 14.8 Å². The van der Waals surface area contributed by atoms with Crippen LogP contribution in [0.5, 0.6) is 0 Å². The van der Waals surface area contributed by atoms with Gasteiger partial charge in [0.25, 0.3) is 0 Å². The maximum absolute atomic E-state index is 13.7. The van der Waals surface area contributed by atoms with Gasteiger partial charge in [0, 0.05) is 26.3 Å². The van der Waals surface area contributed by atoms with E-state index >= 15 is 0 Å². The van der Waals surface area contributed by atoms with Gasteiger partial charge in [-0.15, -0.1) is 0 Å². The van der Waals surface area contributed by atoms with Crippen molar-refractivity contribution in [2.75, 3.05) is 27.3 Å². The summed E-state index contributed by atoms with van der Waals surface area (Å²) in [5.41, 5.74) is -0.522. The predicted molar refractivity (Wildman–Crippen MR) is 69.8 cm³/mol. The molecule has 0 aliphatic rings. The average Bonchev–Trinajstić information content (AvgIpc) is 2.38. The van der Waals surface area contributed by atoms with E-state index in [4.69, 9.17) is 9.84 Å². The van der Waals surface area contributed by atoms with Gasteiger partial charge in [-0.3, -0.25) is 0 Å². The maximum Gasteiger partial charge on any atom is 0.335 e. The number of sulfonamides is 1. The molecule has 1 aromatic carbocycles. The Labute approximate surface area is 116 Å². The molecular weight excluding hydrogens is 289 g/mol. The lowest BCUT2D eigenvalue weighted by atomic mass is 10.1. The van der Waals surface area contributed by atoms with Crippen molar-refractivity contribution in [2.45, 2.75) is 11.8 Å². The summed E-state index contributed by atoms with van der Waals surface area (Å²) in [4.78, 5) is 10.5. The molecule has 0 radical (unpaired) electrons. The van der Waals surface area contributed by atoms with E-state index < -0.39 is 27.4 Å². The first-order valence-electron chi connectivity index (χ1n) is 5.70. The van der Waals surface area contributed by atoms with Crippen LogP contribution in [0.15, 0.2) is 17.0 Å². The van der Waals surface area contributed by atoms with Crippen LogP contribution in [0.3, 0.4) is 0 Å². The molecule has 1 N–H and O–H groups in total. The molecule has 20 heavy (non-hydrogen) atoms. The number of halogens is 1. The molecule has 0 aromatic heterocycles. The number of ether oxygens (including phenoxy) is 1. The normalized spacial score (nSPS) is 11.8. The number of rotatable bonds is 6. The zero-order chi connectivity index (χ0) is 15.5. The number of methoxy groups -OCH3 is 1. The Kier molecular flexibility index (Phi) is 5.21. The van der Waals surface area contributed by atoms with Crippen LogP contribution in [0.2, 0.25) is 0 Å². The summed E-state index contributed by atoms with van der Waals surface area (Å²) in [6, 6.07) is 1.76. The maximum atomic E-state index is 13.7. The van der Waals surface area contributed by atoms with Gasteiger partial charge in [-0.1, -0.05) is 0 Å². The quantitative estimate of drug-likeness (QED) is 0.851. The van der Waals surface area contributed by atoms with Gasteiger partial charge < -0.3 is 9.84 Å². The molecule has 0 heterocycles. The Bertz CT molecular complexity index is 615. The van der Waals surface area contributed by atoms with Crippen molar-refractivity contribution in [3.05, 3.63) is 29.1 Å². The van der Waals surface area contributed by atoms with Gasteiger partial charge in [-0.05, 0) is 19.1 Å². The minimum absolute atomic E-state index is 0.0805. The third-order valence-electron chi connectivity index (χ3n) is 2.84. The van der Waals surface area contributed by atoms with E-state index in [0.29, 0.717) is 0 Å². The second kappa shape index (κ2) is 6.29. The Morgan fingerprint density at radius 2 is 2.05 bits per heavy atom. The summed E-state index contributed by atoms with van der Waals surface area (Å²) in [7, 11) is -1.22. The van der Waals surface area contributed by atoms with E-state index in [1.807, 2.05) is 0 Å². The first kappa shape index (κ1) is 16.5. The summed E-state index contributed by atoms with van der Waals surface area (Å²) in [6.07, 6.45) is 0. The standard InChI is InChI=1S/C12H16FNO5S/c1-8-10(13)6-9(12(15)16)7-11(8)20(17,18)14(2)4-5-19-3/h6-7H,4-5H2,1-3H3,(H,15,16). The van der Waals surface area contributed by atoms with Gasteiger partial charge in [-0.2, -0.15) is 4.31 Å². The monoisotopic (exact) mass is 305 g/mol. The molecule has 0 atom stereocenters. The Morgan fingerprint density at radius 1 is 1.45 bits per heavy atom. The van der Waals surface area contributed by atoms with Crippen LogP contribution >= 0.6 is 0 Å². The average molecular weight is 305 g/mol. The molecule has 6 nitrogen and oxygen atoms in total. The van der Waals surface area contributed by atoms with Crippen LogP contribution in [-0.4, -0.2) is 51.1 Å². The third kappa shape index (κ3) is 3.33. The highest BCUT2D eigenvalue weighted by Gasteiger charge is 2.25. The Morgan fingerprint density at radius 3 is 2.55 bits per heavy atom. The van der Waals surface area contributed by atoms with Crippen LogP contribution in [0.1, 0.15) is 15.9 Å². The minimum atomic E-state index is -3.97. The molecule has 0 amide bonds. The van der Waals surface area contributed by atoms with E-state index in [-0.39, 0.29) is 23.6 Å². The Hall–Kier alpha value is -1.51. The van der Waals surface area contributed by atoms with Crippen molar-refractivity contribution < 1.29 is 27.4 Å². The third-order valence-corrected chi connectivity index (χ3v) is 4.83. The van der Waals surface area contributed by atoms with E-state index in [9.17, 15) is 17.6 Å². The van der Waals surface area contributed by atoms with E-state index in [0.717, 1.165) is 16.4 Å². The molecule has 1 rings (SSSR count). The van der Waals surface area contributed by atoms with Crippen molar-refractivity contribution >= 4 is 16.0 Å². The highest BCUT2D eigenvalue weighted by atomic mass is 32.2. The largest absolute Gasteiger partial charge is 0.478 e. The zero-order valence-corrected chi connectivity index (χ0v) is 12.2. The molecule has 0 saturated heterocycles. The summed E-state index contributed by atoms with van der Waals surface area (Å²) < 4.78 is 44.0. The van der Waals surface area contributed by atoms with E-state index in [2.05, 4.69) is 0 Å². The first-order chi connectivity index (χ1) is 9.21. The smallest absolute Gasteiger partial charge is 0.335 e. The van der Waals surface area contributed by atoms with Crippen molar-refractivity contribution in [3.8, 4) is 0 Å². The molecule has 0 aliphatic carbocycles. The van der Waals surface area contributed by atoms with Crippen LogP contribution in [0.4, 0.5) is 4.39 Å². The van der Waals surface area contributed by atoms with E-state index in [1.165, 1.54) is 21.1 Å². The number of carboxylic acid groups (broad SMARTS) is 1. The molecular formula is C12H16FNO5S. The predicted octanol–water partition coefficient (Wildman–Crippen LogP) is 1.10. The van der Waals surface area contributed by atoms with Gasteiger partial charge in [0.1, 0.15) is 5.82 Å².